The van der Waals surface area contributed by atoms with Crippen LogP contribution in [-0.4, -0.2) is 21.2 Å². The fraction of sp³-hybridized carbons (Fsp3) is 0.286. The van der Waals surface area contributed by atoms with Crippen LogP contribution in [0.3, 0.4) is 0 Å². The van der Waals surface area contributed by atoms with Gasteiger partial charge in [0.1, 0.15) is 0 Å². The van der Waals surface area contributed by atoms with Gasteiger partial charge in [0, 0.05) is 18.3 Å². The van der Waals surface area contributed by atoms with Crippen LogP contribution in [0.4, 0.5) is 17.5 Å². The number of rotatable bonds is 6. The van der Waals surface area contributed by atoms with Gasteiger partial charge in [-0.2, -0.15) is 10.1 Å². The smallest absolute Gasteiger partial charge is 0.249 e. The predicted molar refractivity (Wildman–Crippen MR) is 107 cm³/mol. The van der Waals surface area contributed by atoms with Crippen LogP contribution >= 0.6 is 0 Å². The highest BCUT2D eigenvalue weighted by atomic mass is 15.3. The lowest BCUT2D eigenvalue weighted by Gasteiger charge is -2.27. The Hall–Kier alpha value is -2.95. The van der Waals surface area contributed by atoms with E-state index in [0.717, 1.165) is 23.6 Å². The van der Waals surface area contributed by atoms with Crippen molar-refractivity contribution in [1.29, 1.82) is 0 Å². The summed E-state index contributed by atoms with van der Waals surface area (Å²) in [5, 5.41) is 11.6. The quantitative estimate of drug-likeness (QED) is 0.703. The Morgan fingerprint density at radius 2 is 1.81 bits per heavy atom. The van der Waals surface area contributed by atoms with Gasteiger partial charge in [-0.3, -0.25) is 0 Å². The minimum Gasteiger partial charge on any atom is -0.348 e. The van der Waals surface area contributed by atoms with Crippen LogP contribution in [0.2, 0.25) is 0 Å². The standard InChI is InChI=1S/C21H25N5/c1-15(2)26(14-18-8-6-5-7-9-18)20-13-22-25-21(24-20)23-19-11-10-16(3)12-17(19)4/h5-13,15H,14H2,1-4H3,(H,23,24,25). The first-order chi connectivity index (χ1) is 12.5. The van der Waals surface area contributed by atoms with Gasteiger partial charge in [-0.1, -0.05) is 48.0 Å². The van der Waals surface area contributed by atoms with Gasteiger partial charge >= 0.3 is 0 Å². The van der Waals surface area contributed by atoms with Gasteiger partial charge in [0.15, 0.2) is 5.82 Å². The summed E-state index contributed by atoms with van der Waals surface area (Å²) in [7, 11) is 0. The number of benzene rings is 2. The first kappa shape index (κ1) is 17.9. The molecule has 0 bridgehead atoms. The van der Waals surface area contributed by atoms with Crippen LogP contribution in [0.1, 0.15) is 30.5 Å². The summed E-state index contributed by atoms with van der Waals surface area (Å²) in [5.41, 5.74) is 4.62. The highest BCUT2D eigenvalue weighted by Gasteiger charge is 2.14. The molecule has 0 aliphatic rings. The molecule has 1 heterocycles. The second-order valence-corrected chi connectivity index (χ2v) is 6.79. The average Bonchev–Trinajstić information content (AvgIpc) is 2.63. The maximum Gasteiger partial charge on any atom is 0.249 e. The zero-order chi connectivity index (χ0) is 18.5. The van der Waals surface area contributed by atoms with Crippen molar-refractivity contribution in [2.75, 3.05) is 10.2 Å². The van der Waals surface area contributed by atoms with E-state index in [1.807, 2.05) is 12.1 Å². The molecule has 0 radical (unpaired) electrons. The normalized spacial score (nSPS) is 10.8. The molecule has 0 unspecified atom stereocenters. The number of nitrogens with one attached hydrogen (secondary N) is 1. The zero-order valence-electron chi connectivity index (χ0n) is 15.8. The molecule has 0 saturated heterocycles. The van der Waals surface area contributed by atoms with Gasteiger partial charge in [0.25, 0.3) is 0 Å². The van der Waals surface area contributed by atoms with Crippen molar-refractivity contribution in [1.82, 2.24) is 15.2 Å². The molecular formula is C21H25N5. The van der Waals surface area contributed by atoms with E-state index >= 15 is 0 Å². The average molecular weight is 347 g/mol. The molecule has 3 rings (SSSR count). The van der Waals surface area contributed by atoms with E-state index < -0.39 is 0 Å². The van der Waals surface area contributed by atoms with Gasteiger partial charge in [0.05, 0.1) is 6.20 Å². The molecule has 26 heavy (non-hydrogen) atoms. The molecule has 5 heteroatoms. The lowest BCUT2D eigenvalue weighted by atomic mass is 10.1. The monoisotopic (exact) mass is 347 g/mol. The molecule has 1 aromatic heterocycles. The summed E-state index contributed by atoms with van der Waals surface area (Å²) >= 11 is 0. The molecule has 0 atom stereocenters. The first-order valence-electron chi connectivity index (χ1n) is 8.87. The Morgan fingerprint density at radius 1 is 1.04 bits per heavy atom. The lowest BCUT2D eigenvalue weighted by Crippen LogP contribution is -2.31. The Morgan fingerprint density at radius 3 is 2.50 bits per heavy atom. The van der Waals surface area contributed by atoms with Crippen LogP contribution in [-0.2, 0) is 6.54 Å². The van der Waals surface area contributed by atoms with E-state index in [1.165, 1.54) is 11.1 Å². The van der Waals surface area contributed by atoms with E-state index in [0.29, 0.717) is 12.0 Å². The van der Waals surface area contributed by atoms with Crippen LogP contribution in [0.5, 0.6) is 0 Å². The van der Waals surface area contributed by atoms with Crippen molar-refractivity contribution in [3.05, 3.63) is 71.4 Å². The van der Waals surface area contributed by atoms with Crippen molar-refractivity contribution in [3.63, 3.8) is 0 Å². The molecule has 0 fully saturated rings. The van der Waals surface area contributed by atoms with Crippen LogP contribution in [0, 0.1) is 13.8 Å². The van der Waals surface area contributed by atoms with Crippen molar-refractivity contribution >= 4 is 17.5 Å². The lowest BCUT2D eigenvalue weighted by molar-refractivity contribution is 0.668. The molecule has 1 N–H and O–H groups in total. The summed E-state index contributed by atoms with van der Waals surface area (Å²) in [6, 6.07) is 16.9. The maximum atomic E-state index is 4.69. The zero-order valence-corrected chi connectivity index (χ0v) is 15.8. The molecule has 0 saturated carbocycles. The highest BCUT2D eigenvalue weighted by molar-refractivity contribution is 5.59. The third-order valence-electron chi connectivity index (χ3n) is 4.29. The van der Waals surface area contributed by atoms with Crippen LogP contribution in [0.15, 0.2) is 54.7 Å². The fourth-order valence-corrected chi connectivity index (χ4v) is 2.87. The predicted octanol–water partition coefficient (Wildman–Crippen LogP) is 4.65. The molecular weight excluding hydrogens is 322 g/mol. The second kappa shape index (κ2) is 7.95. The highest BCUT2D eigenvalue weighted by Crippen LogP contribution is 2.22. The number of hydrogen-bond donors (Lipinski definition) is 1. The Bertz CT molecular complexity index is 861. The number of anilines is 3. The number of aromatic nitrogens is 3. The summed E-state index contributed by atoms with van der Waals surface area (Å²) in [4.78, 5) is 6.91. The third kappa shape index (κ3) is 4.36. The summed E-state index contributed by atoms with van der Waals surface area (Å²) in [6.07, 6.45) is 1.72. The SMILES string of the molecule is Cc1ccc(Nc2nncc(N(Cc3ccccc3)C(C)C)n2)c(C)c1. The van der Waals surface area contributed by atoms with E-state index in [4.69, 9.17) is 4.98 Å². The Balaban J connectivity index is 1.84. The molecule has 0 aliphatic heterocycles. The Kier molecular flexibility index (Phi) is 5.46. The van der Waals surface area contributed by atoms with Crippen molar-refractivity contribution < 1.29 is 0 Å². The molecule has 0 aliphatic carbocycles. The van der Waals surface area contributed by atoms with E-state index in [-0.39, 0.29) is 0 Å². The number of aryl methyl sites for hydroxylation is 2. The van der Waals surface area contributed by atoms with E-state index in [1.54, 1.807) is 6.20 Å². The van der Waals surface area contributed by atoms with Gasteiger partial charge in [-0.05, 0) is 44.9 Å². The Labute approximate surface area is 155 Å². The second-order valence-electron chi connectivity index (χ2n) is 6.79. The molecule has 5 nitrogen and oxygen atoms in total. The summed E-state index contributed by atoms with van der Waals surface area (Å²) < 4.78 is 0. The summed E-state index contributed by atoms with van der Waals surface area (Å²) in [5.74, 6) is 1.32. The van der Waals surface area contributed by atoms with Gasteiger partial charge in [-0.15, -0.1) is 5.10 Å². The number of nitrogens with zero attached hydrogens (tertiary/aromatic N) is 4. The molecule has 2 aromatic carbocycles. The number of hydrogen-bond acceptors (Lipinski definition) is 5. The largest absolute Gasteiger partial charge is 0.348 e. The van der Waals surface area contributed by atoms with Crippen molar-refractivity contribution in [2.24, 2.45) is 0 Å². The van der Waals surface area contributed by atoms with E-state index in [9.17, 15) is 0 Å². The van der Waals surface area contributed by atoms with Crippen molar-refractivity contribution in [3.8, 4) is 0 Å². The molecule has 134 valence electrons. The minimum absolute atomic E-state index is 0.292. The van der Waals surface area contributed by atoms with E-state index in [2.05, 4.69) is 84.5 Å². The first-order valence-corrected chi connectivity index (χ1v) is 8.87. The maximum absolute atomic E-state index is 4.69. The topological polar surface area (TPSA) is 53.9 Å². The van der Waals surface area contributed by atoms with Crippen molar-refractivity contribution in [2.45, 2.75) is 40.3 Å². The molecule has 0 amide bonds. The molecule has 3 aromatic rings. The van der Waals surface area contributed by atoms with Crippen LogP contribution < -0.4 is 10.2 Å². The third-order valence-corrected chi connectivity index (χ3v) is 4.29. The fourth-order valence-electron chi connectivity index (χ4n) is 2.87. The van der Waals surface area contributed by atoms with Gasteiger partial charge in [-0.25, -0.2) is 0 Å². The molecule has 0 spiro atoms. The minimum atomic E-state index is 0.292. The summed E-state index contributed by atoms with van der Waals surface area (Å²) in [6.45, 7) is 9.24. The van der Waals surface area contributed by atoms with Gasteiger partial charge in [0.2, 0.25) is 5.95 Å². The van der Waals surface area contributed by atoms with Gasteiger partial charge < -0.3 is 10.2 Å². The van der Waals surface area contributed by atoms with Crippen LogP contribution in [0.25, 0.3) is 0 Å².